The van der Waals surface area contributed by atoms with Gasteiger partial charge in [-0.15, -0.1) is 0 Å². The maximum atomic E-state index is 11.4. The maximum absolute atomic E-state index is 11.4. The highest BCUT2D eigenvalue weighted by atomic mass is 19.4. The van der Waals surface area contributed by atoms with Crippen LogP contribution in [0.15, 0.2) is 0 Å². The zero-order chi connectivity index (χ0) is 8.91. The average Bonchev–Trinajstić information content (AvgIpc) is 1.83. The molecule has 11 heavy (non-hydrogen) atoms. The van der Waals surface area contributed by atoms with Crippen LogP contribution in [0.3, 0.4) is 0 Å². The molecule has 66 valence electrons. The minimum absolute atomic E-state index is 0.0592. The van der Waals surface area contributed by atoms with Crippen molar-refractivity contribution in [2.45, 2.75) is 13.1 Å². The van der Waals surface area contributed by atoms with Gasteiger partial charge in [0.05, 0.1) is 6.61 Å². The number of carbonyl (C=O) groups is 1. The third-order valence-corrected chi connectivity index (χ3v) is 0.709. The van der Waals surface area contributed by atoms with Gasteiger partial charge in [-0.1, -0.05) is 0 Å². The van der Waals surface area contributed by atoms with Crippen molar-refractivity contribution in [2.24, 2.45) is 0 Å². The van der Waals surface area contributed by atoms with E-state index in [1.807, 2.05) is 0 Å². The molecule has 0 heterocycles. The van der Waals surface area contributed by atoms with Gasteiger partial charge in [-0.25, -0.2) is 4.79 Å². The Morgan fingerprint density at radius 3 is 2.45 bits per heavy atom. The van der Waals surface area contributed by atoms with E-state index in [9.17, 15) is 18.0 Å². The fourth-order valence-electron chi connectivity index (χ4n) is 0.355. The molecule has 0 fully saturated rings. The maximum Gasteiger partial charge on any atom is 0.407 e. The second kappa shape index (κ2) is 4.05. The van der Waals surface area contributed by atoms with Crippen molar-refractivity contribution in [3.05, 3.63) is 0 Å². The predicted molar refractivity (Wildman–Crippen MR) is 31.1 cm³/mol. The van der Waals surface area contributed by atoms with Crippen molar-refractivity contribution in [2.75, 3.05) is 13.2 Å². The van der Waals surface area contributed by atoms with E-state index >= 15 is 0 Å². The van der Waals surface area contributed by atoms with Crippen molar-refractivity contribution in [3.8, 4) is 0 Å². The molecule has 0 saturated heterocycles. The Balaban J connectivity index is 3.46. The molecule has 3 nitrogen and oxygen atoms in total. The minimum atomic E-state index is -4.38. The third-order valence-electron chi connectivity index (χ3n) is 0.709. The number of hydrogen-bond donors (Lipinski definition) is 1. The number of amides is 1. The Labute approximate surface area is 61.5 Å². The summed E-state index contributed by atoms with van der Waals surface area (Å²) in [7, 11) is 0. The monoisotopic (exact) mass is 171 g/mol. The molecule has 0 aromatic carbocycles. The third kappa shape index (κ3) is 6.95. The topological polar surface area (TPSA) is 38.3 Å². The van der Waals surface area contributed by atoms with Gasteiger partial charge < -0.3 is 10.1 Å². The lowest BCUT2D eigenvalue weighted by atomic mass is 10.6. The molecule has 0 bridgehead atoms. The fourth-order valence-corrected chi connectivity index (χ4v) is 0.355. The standard InChI is InChI=1S/C5H8F3NO2/c1-2-11-4(10)9-3-5(6,7)8/h2-3H2,1H3,(H,9,10). The number of rotatable bonds is 2. The van der Waals surface area contributed by atoms with Gasteiger partial charge >= 0.3 is 12.3 Å². The molecule has 0 aromatic heterocycles. The molecule has 0 radical (unpaired) electrons. The molecule has 0 unspecified atom stereocenters. The summed E-state index contributed by atoms with van der Waals surface area (Å²) in [5.74, 6) is 0. The summed E-state index contributed by atoms with van der Waals surface area (Å²) in [6.45, 7) is 0.211. The quantitative estimate of drug-likeness (QED) is 0.679. The SMILES string of the molecule is CCOC(=O)NCC(F)(F)F. The Kier molecular flexibility index (Phi) is 3.70. The molecule has 0 saturated carbocycles. The predicted octanol–water partition coefficient (Wildman–Crippen LogP) is 1.29. The van der Waals surface area contributed by atoms with Crippen molar-refractivity contribution in [1.82, 2.24) is 5.32 Å². The number of alkyl carbamates (subject to hydrolysis) is 1. The summed E-state index contributed by atoms with van der Waals surface area (Å²) in [5.41, 5.74) is 0. The second-order valence-electron chi connectivity index (χ2n) is 1.69. The van der Waals surface area contributed by atoms with E-state index in [0.717, 1.165) is 0 Å². The molecule has 0 aromatic rings. The largest absolute Gasteiger partial charge is 0.450 e. The van der Waals surface area contributed by atoms with Crippen LogP contribution in [0, 0.1) is 0 Å². The van der Waals surface area contributed by atoms with Crippen molar-refractivity contribution < 1.29 is 22.7 Å². The summed E-state index contributed by atoms with van der Waals surface area (Å²) < 4.78 is 38.3. The number of halogens is 3. The van der Waals surface area contributed by atoms with Crippen molar-refractivity contribution in [3.63, 3.8) is 0 Å². The van der Waals surface area contributed by atoms with Crippen LogP contribution in [0.25, 0.3) is 0 Å². The molecule has 0 rings (SSSR count). The van der Waals surface area contributed by atoms with Gasteiger partial charge in [0.1, 0.15) is 6.54 Å². The lowest BCUT2D eigenvalue weighted by Crippen LogP contribution is -2.34. The van der Waals surface area contributed by atoms with Gasteiger partial charge in [-0.05, 0) is 6.92 Å². The summed E-state index contributed by atoms with van der Waals surface area (Å²) >= 11 is 0. The zero-order valence-electron chi connectivity index (χ0n) is 5.86. The molecule has 0 aliphatic heterocycles. The smallest absolute Gasteiger partial charge is 0.407 e. The second-order valence-corrected chi connectivity index (χ2v) is 1.69. The Morgan fingerprint density at radius 2 is 2.09 bits per heavy atom. The molecule has 1 amide bonds. The van der Waals surface area contributed by atoms with Crippen LogP contribution in [0.5, 0.6) is 0 Å². The molecular weight excluding hydrogens is 163 g/mol. The Morgan fingerprint density at radius 1 is 1.55 bits per heavy atom. The highest BCUT2D eigenvalue weighted by Gasteiger charge is 2.27. The first-order valence-corrected chi connectivity index (χ1v) is 2.93. The molecule has 1 N–H and O–H groups in total. The molecule has 0 aliphatic carbocycles. The average molecular weight is 171 g/mol. The van der Waals surface area contributed by atoms with Gasteiger partial charge in [0.15, 0.2) is 0 Å². The number of ether oxygens (including phenoxy) is 1. The first-order chi connectivity index (χ1) is 4.95. The number of carbonyl (C=O) groups excluding carboxylic acids is 1. The number of nitrogens with one attached hydrogen (secondary N) is 1. The van der Waals surface area contributed by atoms with E-state index in [4.69, 9.17) is 0 Å². The Hall–Kier alpha value is -0.940. The lowest BCUT2D eigenvalue weighted by molar-refractivity contribution is -0.123. The van der Waals surface area contributed by atoms with Crippen molar-refractivity contribution in [1.29, 1.82) is 0 Å². The van der Waals surface area contributed by atoms with Crippen LogP contribution in [0.4, 0.5) is 18.0 Å². The summed E-state index contributed by atoms with van der Waals surface area (Å²) in [5, 5.41) is 1.54. The first-order valence-electron chi connectivity index (χ1n) is 2.93. The normalized spacial score (nSPS) is 10.9. The highest BCUT2D eigenvalue weighted by Crippen LogP contribution is 2.11. The van der Waals surface area contributed by atoms with Crippen LogP contribution in [0.1, 0.15) is 6.92 Å². The van der Waals surface area contributed by atoms with E-state index in [2.05, 4.69) is 4.74 Å². The molecule has 6 heteroatoms. The molecule has 0 aliphatic rings. The van der Waals surface area contributed by atoms with Crippen molar-refractivity contribution >= 4 is 6.09 Å². The first kappa shape index (κ1) is 10.1. The number of hydrogen-bond acceptors (Lipinski definition) is 2. The summed E-state index contributed by atoms with van der Waals surface area (Å²) in [4.78, 5) is 10.3. The molecular formula is C5H8F3NO2. The van der Waals surface area contributed by atoms with E-state index in [1.54, 1.807) is 0 Å². The fraction of sp³-hybridized carbons (Fsp3) is 0.800. The minimum Gasteiger partial charge on any atom is -0.450 e. The van der Waals surface area contributed by atoms with E-state index in [-0.39, 0.29) is 6.61 Å². The zero-order valence-corrected chi connectivity index (χ0v) is 5.86. The van der Waals surface area contributed by atoms with Gasteiger partial charge in [0.2, 0.25) is 0 Å². The van der Waals surface area contributed by atoms with Gasteiger partial charge in [-0.2, -0.15) is 13.2 Å². The van der Waals surface area contributed by atoms with E-state index in [0.29, 0.717) is 0 Å². The summed E-state index contributed by atoms with van der Waals surface area (Å²) in [6.07, 6.45) is -5.43. The summed E-state index contributed by atoms with van der Waals surface area (Å²) in [6, 6.07) is 0. The van der Waals surface area contributed by atoms with Crippen LogP contribution in [-0.2, 0) is 4.74 Å². The Bertz CT molecular complexity index is 134. The van der Waals surface area contributed by atoms with Gasteiger partial charge in [0.25, 0.3) is 0 Å². The van der Waals surface area contributed by atoms with Crippen LogP contribution < -0.4 is 5.32 Å². The van der Waals surface area contributed by atoms with E-state index in [1.165, 1.54) is 12.2 Å². The molecule has 0 spiro atoms. The van der Waals surface area contributed by atoms with E-state index < -0.39 is 18.8 Å². The van der Waals surface area contributed by atoms with Gasteiger partial charge in [0, 0.05) is 0 Å². The van der Waals surface area contributed by atoms with Crippen LogP contribution in [-0.4, -0.2) is 25.4 Å². The lowest BCUT2D eigenvalue weighted by Gasteiger charge is -2.07. The highest BCUT2D eigenvalue weighted by molar-refractivity contribution is 5.67. The van der Waals surface area contributed by atoms with Crippen LogP contribution in [0.2, 0.25) is 0 Å². The van der Waals surface area contributed by atoms with Crippen LogP contribution >= 0.6 is 0 Å². The molecule has 0 atom stereocenters. The van der Waals surface area contributed by atoms with Gasteiger partial charge in [-0.3, -0.25) is 0 Å². The number of alkyl halides is 3.